The van der Waals surface area contributed by atoms with Gasteiger partial charge in [0.05, 0.1) is 18.8 Å². The fourth-order valence-corrected chi connectivity index (χ4v) is 4.18. The maximum atomic E-state index is 12.6. The van der Waals surface area contributed by atoms with E-state index in [1.54, 1.807) is 4.68 Å². The van der Waals surface area contributed by atoms with Crippen LogP contribution in [0.2, 0.25) is 0 Å². The van der Waals surface area contributed by atoms with Gasteiger partial charge >= 0.3 is 6.03 Å². The predicted molar refractivity (Wildman–Crippen MR) is 113 cm³/mol. The number of piperazine rings is 1. The summed E-state index contributed by atoms with van der Waals surface area (Å²) in [5.41, 5.74) is 0.906. The molecule has 9 nitrogen and oxygen atoms in total. The summed E-state index contributed by atoms with van der Waals surface area (Å²) in [4.78, 5) is 16.8. The van der Waals surface area contributed by atoms with Crippen molar-refractivity contribution >= 4 is 6.03 Å². The Bertz CT molecular complexity index is 809. The van der Waals surface area contributed by atoms with E-state index in [-0.39, 0.29) is 6.03 Å². The van der Waals surface area contributed by atoms with Crippen LogP contribution in [0.15, 0.2) is 24.3 Å². The van der Waals surface area contributed by atoms with Crippen molar-refractivity contribution in [3.63, 3.8) is 0 Å². The number of benzene rings is 1. The molecule has 2 aliphatic rings. The fourth-order valence-electron chi connectivity index (χ4n) is 4.18. The van der Waals surface area contributed by atoms with Crippen LogP contribution in [0.5, 0.6) is 5.75 Å². The van der Waals surface area contributed by atoms with E-state index in [4.69, 9.17) is 4.74 Å². The summed E-state index contributed by atoms with van der Waals surface area (Å²) in [6.45, 7) is 6.33. The number of carbonyl (C=O) groups is 1. The number of amides is 2. The number of nitrogens with one attached hydrogen (secondary N) is 1. The highest BCUT2D eigenvalue weighted by Gasteiger charge is 2.25. The molecule has 1 aliphatic heterocycles. The molecule has 1 aromatic carbocycles. The van der Waals surface area contributed by atoms with E-state index in [9.17, 15) is 4.79 Å². The van der Waals surface area contributed by atoms with E-state index >= 15 is 0 Å². The van der Waals surface area contributed by atoms with Gasteiger partial charge in [-0.1, -0.05) is 19.3 Å². The van der Waals surface area contributed by atoms with E-state index in [1.165, 1.54) is 19.3 Å². The lowest BCUT2D eigenvalue weighted by Gasteiger charge is -2.35. The summed E-state index contributed by atoms with van der Waals surface area (Å²) in [6.07, 6.45) is 5.96. The third-order valence-electron chi connectivity index (χ3n) is 5.88. The molecule has 1 aromatic heterocycles. The first-order valence-electron chi connectivity index (χ1n) is 11.0. The van der Waals surface area contributed by atoms with Crippen molar-refractivity contribution in [2.45, 2.75) is 51.6 Å². The Morgan fingerprint density at radius 3 is 2.53 bits per heavy atom. The molecule has 0 bridgehead atoms. The van der Waals surface area contributed by atoms with Gasteiger partial charge in [-0.2, -0.15) is 4.68 Å². The molecular formula is C21H31N7O2. The molecule has 0 radical (unpaired) electrons. The van der Waals surface area contributed by atoms with E-state index < -0.39 is 0 Å². The molecule has 30 heavy (non-hydrogen) atoms. The van der Waals surface area contributed by atoms with Gasteiger partial charge in [-0.3, -0.25) is 4.90 Å². The topological polar surface area (TPSA) is 88.4 Å². The zero-order valence-corrected chi connectivity index (χ0v) is 17.7. The van der Waals surface area contributed by atoms with Gasteiger partial charge in [0.2, 0.25) is 0 Å². The Hall–Kier alpha value is -2.68. The highest BCUT2D eigenvalue weighted by atomic mass is 16.5. The van der Waals surface area contributed by atoms with Crippen LogP contribution in [0, 0.1) is 0 Å². The molecular weight excluding hydrogens is 382 g/mol. The fraction of sp³-hybridized carbons (Fsp3) is 0.619. The van der Waals surface area contributed by atoms with Gasteiger partial charge in [-0.15, -0.1) is 5.10 Å². The number of tetrazole rings is 1. The average molecular weight is 414 g/mol. The lowest BCUT2D eigenvalue weighted by Crippen LogP contribution is -2.53. The van der Waals surface area contributed by atoms with Crippen molar-refractivity contribution in [3.8, 4) is 11.4 Å². The summed E-state index contributed by atoms with van der Waals surface area (Å²) in [5.74, 6) is 1.62. The van der Waals surface area contributed by atoms with E-state index in [1.807, 2.05) is 36.1 Å². The molecule has 2 heterocycles. The Kier molecular flexibility index (Phi) is 6.78. The van der Waals surface area contributed by atoms with Gasteiger partial charge in [0.25, 0.3) is 0 Å². The van der Waals surface area contributed by atoms with E-state index in [0.29, 0.717) is 19.2 Å². The summed E-state index contributed by atoms with van der Waals surface area (Å²) in [6, 6.07) is 8.20. The number of hydrogen-bond acceptors (Lipinski definition) is 6. The number of hydrogen-bond donors (Lipinski definition) is 1. The third-order valence-corrected chi connectivity index (χ3v) is 5.88. The van der Waals surface area contributed by atoms with Crippen molar-refractivity contribution in [1.82, 2.24) is 35.3 Å². The lowest BCUT2D eigenvalue weighted by molar-refractivity contribution is 0.129. The second kappa shape index (κ2) is 9.88. The molecule has 2 amide bonds. The number of nitrogens with zero attached hydrogens (tertiary/aromatic N) is 6. The molecule has 1 N–H and O–H groups in total. The molecule has 2 aromatic rings. The highest BCUT2D eigenvalue weighted by molar-refractivity contribution is 5.74. The Morgan fingerprint density at radius 1 is 1.10 bits per heavy atom. The Morgan fingerprint density at radius 2 is 1.83 bits per heavy atom. The summed E-state index contributed by atoms with van der Waals surface area (Å²) < 4.78 is 7.26. The largest absolute Gasteiger partial charge is 0.494 e. The van der Waals surface area contributed by atoms with Crippen LogP contribution in [0.1, 0.15) is 44.9 Å². The smallest absolute Gasteiger partial charge is 0.317 e. The second-order valence-electron chi connectivity index (χ2n) is 7.98. The molecule has 162 valence electrons. The Balaban J connectivity index is 1.29. The number of urea groups is 1. The van der Waals surface area contributed by atoms with Gasteiger partial charge in [0.15, 0.2) is 5.82 Å². The van der Waals surface area contributed by atoms with Crippen molar-refractivity contribution < 1.29 is 9.53 Å². The van der Waals surface area contributed by atoms with E-state index in [2.05, 4.69) is 25.7 Å². The SMILES string of the molecule is CCOc1ccc(-n2nnnc2CN2CCN(C(=O)NC3CCCCC3)CC2)cc1. The van der Waals surface area contributed by atoms with Gasteiger partial charge < -0.3 is 15.0 Å². The number of ether oxygens (including phenoxy) is 1. The summed E-state index contributed by atoms with van der Waals surface area (Å²) >= 11 is 0. The number of carbonyl (C=O) groups excluding carboxylic acids is 1. The van der Waals surface area contributed by atoms with Gasteiger partial charge in [-0.05, 0) is 54.5 Å². The molecule has 0 unspecified atom stereocenters. The molecule has 4 rings (SSSR count). The molecule has 1 saturated carbocycles. The monoisotopic (exact) mass is 413 g/mol. The van der Waals surface area contributed by atoms with Crippen molar-refractivity contribution in [2.24, 2.45) is 0 Å². The predicted octanol–water partition coefficient (Wildman–Crippen LogP) is 2.22. The average Bonchev–Trinajstić information content (AvgIpc) is 3.24. The van der Waals surface area contributed by atoms with Crippen LogP contribution in [-0.4, -0.2) is 74.9 Å². The van der Waals surface area contributed by atoms with Crippen LogP contribution in [0.25, 0.3) is 5.69 Å². The number of aromatic nitrogens is 4. The zero-order chi connectivity index (χ0) is 20.8. The van der Waals surface area contributed by atoms with E-state index in [0.717, 1.165) is 56.3 Å². The van der Waals surface area contributed by atoms with Crippen LogP contribution in [0.4, 0.5) is 4.79 Å². The van der Waals surface area contributed by atoms with Crippen LogP contribution >= 0.6 is 0 Å². The summed E-state index contributed by atoms with van der Waals surface area (Å²) in [7, 11) is 0. The van der Waals surface area contributed by atoms with Crippen LogP contribution in [0.3, 0.4) is 0 Å². The minimum absolute atomic E-state index is 0.0840. The lowest BCUT2D eigenvalue weighted by atomic mass is 9.96. The minimum Gasteiger partial charge on any atom is -0.494 e. The van der Waals surface area contributed by atoms with Gasteiger partial charge in [-0.25, -0.2) is 4.79 Å². The minimum atomic E-state index is 0.0840. The maximum Gasteiger partial charge on any atom is 0.317 e. The normalized spacial score (nSPS) is 18.4. The van der Waals surface area contributed by atoms with Crippen LogP contribution in [-0.2, 0) is 6.54 Å². The standard InChI is InChI=1S/C21H31N7O2/c1-2-30-19-10-8-18(9-11-19)28-20(23-24-25-28)16-26-12-14-27(15-13-26)21(29)22-17-6-4-3-5-7-17/h8-11,17H,2-7,12-16H2,1H3,(H,22,29). The molecule has 0 atom stereocenters. The first-order valence-corrected chi connectivity index (χ1v) is 11.0. The zero-order valence-electron chi connectivity index (χ0n) is 17.7. The summed E-state index contributed by atoms with van der Waals surface area (Å²) in [5, 5.41) is 15.4. The Labute approximate surface area is 177 Å². The van der Waals surface area contributed by atoms with Crippen molar-refractivity contribution in [1.29, 1.82) is 0 Å². The maximum absolute atomic E-state index is 12.6. The number of rotatable bonds is 6. The van der Waals surface area contributed by atoms with Crippen molar-refractivity contribution in [3.05, 3.63) is 30.1 Å². The molecule has 9 heteroatoms. The molecule has 0 spiro atoms. The second-order valence-corrected chi connectivity index (χ2v) is 7.98. The first kappa shape index (κ1) is 20.6. The molecule has 1 aliphatic carbocycles. The third kappa shape index (κ3) is 5.08. The molecule has 1 saturated heterocycles. The van der Waals surface area contributed by atoms with Crippen LogP contribution < -0.4 is 10.1 Å². The van der Waals surface area contributed by atoms with Crippen molar-refractivity contribution in [2.75, 3.05) is 32.8 Å². The van der Waals surface area contributed by atoms with Gasteiger partial charge in [0.1, 0.15) is 5.75 Å². The highest BCUT2D eigenvalue weighted by Crippen LogP contribution is 2.18. The van der Waals surface area contributed by atoms with Gasteiger partial charge in [0, 0.05) is 32.2 Å². The quantitative estimate of drug-likeness (QED) is 0.781. The first-order chi connectivity index (χ1) is 14.7. The molecule has 2 fully saturated rings.